The number of carbonyl (C=O) groups excluding carboxylic acids is 1. The van der Waals surface area contributed by atoms with Gasteiger partial charge in [-0.25, -0.2) is 15.1 Å². The van der Waals surface area contributed by atoms with E-state index in [1.807, 2.05) is 5.48 Å². The second-order valence-electron chi connectivity index (χ2n) is 4.10. The fourth-order valence-corrected chi connectivity index (χ4v) is 1.76. The van der Waals surface area contributed by atoms with Crippen LogP contribution in [0.5, 0.6) is 0 Å². The topological polar surface area (TPSA) is 110 Å². The van der Waals surface area contributed by atoms with Crippen molar-refractivity contribution in [2.75, 3.05) is 13.2 Å². The van der Waals surface area contributed by atoms with Crippen LogP contribution in [-0.2, 0) is 28.9 Å². The van der Waals surface area contributed by atoms with E-state index in [0.29, 0.717) is 0 Å². The van der Waals surface area contributed by atoms with Crippen LogP contribution in [0, 0.1) is 0 Å². The van der Waals surface area contributed by atoms with Crippen LogP contribution in [0.3, 0.4) is 0 Å². The molecular weight excluding hydrogens is 299 g/mol. The molecule has 1 aromatic rings. The number of aliphatic carboxylic acids is 1. The minimum atomic E-state index is -4.61. The molecule has 0 unspecified atom stereocenters. The lowest BCUT2D eigenvalue weighted by atomic mass is 10.3. The van der Waals surface area contributed by atoms with Gasteiger partial charge in [0.05, 0.1) is 6.54 Å². The number of hydroxylamine groups is 1. The highest BCUT2D eigenvalue weighted by Gasteiger charge is 2.39. The number of hydrogen-bond acceptors (Lipinski definition) is 5. The van der Waals surface area contributed by atoms with Gasteiger partial charge in [-0.2, -0.15) is 13.2 Å². The molecule has 0 bridgehead atoms. The SMILES string of the molecule is O=C(O)CONC(=O)N1CCn2c(nnc2C(F)(F)F)C1. The van der Waals surface area contributed by atoms with E-state index in [-0.39, 0.29) is 25.5 Å². The Bertz CT molecular complexity index is 558. The lowest BCUT2D eigenvalue weighted by molar-refractivity contribution is -0.148. The van der Waals surface area contributed by atoms with Gasteiger partial charge in [0.15, 0.2) is 12.4 Å². The van der Waals surface area contributed by atoms with Crippen LogP contribution in [0.4, 0.5) is 18.0 Å². The van der Waals surface area contributed by atoms with Crippen molar-refractivity contribution in [1.29, 1.82) is 0 Å². The first-order chi connectivity index (χ1) is 9.79. The zero-order chi connectivity index (χ0) is 15.6. The smallest absolute Gasteiger partial charge is 0.451 e. The number of halogens is 3. The van der Waals surface area contributed by atoms with E-state index in [1.165, 1.54) is 0 Å². The van der Waals surface area contributed by atoms with Crippen LogP contribution in [0.15, 0.2) is 0 Å². The van der Waals surface area contributed by atoms with Crippen LogP contribution in [0.1, 0.15) is 11.6 Å². The molecule has 0 saturated carbocycles. The molecule has 0 saturated heterocycles. The first-order valence-electron chi connectivity index (χ1n) is 5.67. The molecule has 0 spiro atoms. The molecule has 2 rings (SSSR count). The third-order valence-electron chi connectivity index (χ3n) is 2.65. The first kappa shape index (κ1) is 15.0. The van der Waals surface area contributed by atoms with E-state index >= 15 is 0 Å². The molecule has 2 N–H and O–H groups in total. The van der Waals surface area contributed by atoms with Gasteiger partial charge in [0.2, 0.25) is 5.82 Å². The number of alkyl halides is 3. The molecule has 1 aromatic heterocycles. The molecule has 0 fully saturated rings. The molecule has 0 aromatic carbocycles. The maximum absolute atomic E-state index is 12.6. The largest absolute Gasteiger partial charge is 0.479 e. The Kier molecular flexibility index (Phi) is 3.97. The van der Waals surface area contributed by atoms with E-state index in [4.69, 9.17) is 5.11 Å². The van der Waals surface area contributed by atoms with Gasteiger partial charge in [0, 0.05) is 13.1 Å². The Labute approximate surface area is 115 Å². The van der Waals surface area contributed by atoms with Crippen molar-refractivity contribution in [2.45, 2.75) is 19.3 Å². The third kappa shape index (κ3) is 3.39. The molecule has 1 aliphatic heterocycles. The van der Waals surface area contributed by atoms with Crippen LogP contribution in [-0.4, -0.2) is 49.9 Å². The number of carboxylic acids is 1. The summed E-state index contributed by atoms with van der Waals surface area (Å²) in [5.41, 5.74) is 1.88. The lowest BCUT2D eigenvalue weighted by Gasteiger charge is -2.27. The van der Waals surface area contributed by atoms with Gasteiger partial charge < -0.3 is 14.6 Å². The van der Waals surface area contributed by atoms with Crippen LogP contribution < -0.4 is 5.48 Å². The summed E-state index contributed by atoms with van der Waals surface area (Å²) in [7, 11) is 0. The standard InChI is InChI=1S/C9H10F3N5O4/c10-9(11,12)7-14-13-5-3-16(1-2-17(5)7)8(20)15-21-4-6(18)19/h1-4H2,(H,15,20)(H,18,19). The number of carbonyl (C=O) groups is 2. The third-order valence-corrected chi connectivity index (χ3v) is 2.65. The summed E-state index contributed by atoms with van der Waals surface area (Å²) >= 11 is 0. The first-order valence-corrected chi connectivity index (χ1v) is 5.67. The van der Waals surface area contributed by atoms with Gasteiger partial charge in [-0.1, -0.05) is 0 Å². The number of hydrogen-bond donors (Lipinski definition) is 2. The highest BCUT2D eigenvalue weighted by Crippen LogP contribution is 2.29. The van der Waals surface area contributed by atoms with Crippen molar-refractivity contribution < 1.29 is 32.7 Å². The number of nitrogens with one attached hydrogen (secondary N) is 1. The number of carboxylic acid groups (broad SMARTS) is 1. The molecule has 0 radical (unpaired) electrons. The summed E-state index contributed by atoms with van der Waals surface area (Å²) in [5.74, 6) is -2.40. The van der Waals surface area contributed by atoms with E-state index < -0.39 is 30.6 Å². The molecule has 2 amide bonds. The Hall–Kier alpha value is -2.37. The maximum atomic E-state index is 12.6. The molecule has 21 heavy (non-hydrogen) atoms. The summed E-state index contributed by atoms with van der Waals surface area (Å²) in [6.45, 7) is -1.06. The summed E-state index contributed by atoms with van der Waals surface area (Å²) in [4.78, 5) is 27.3. The Morgan fingerprint density at radius 1 is 1.33 bits per heavy atom. The minimum absolute atomic E-state index is 0.0121. The minimum Gasteiger partial charge on any atom is -0.479 e. The maximum Gasteiger partial charge on any atom is 0.451 e. The van der Waals surface area contributed by atoms with Crippen molar-refractivity contribution in [1.82, 2.24) is 25.1 Å². The molecule has 116 valence electrons. The van der Waals surface area contributed by atoms with Gasteiger partial charge in [0.25, 0.3) is 0 Å². The number of aromatic nitrogens is 3. The summed E-state index contributed by atoms with van der Waals surface area (Å²) < 4.78 is 38.7. The average molecular weight is 309 g/mol. The number of nitrogens with zero attached hydrogens (tertiary/aromatic N) is 4. The monoisotopic (exact) mass is 309 g/mol. The number of amides is 2. The molecule has 0 atom stereocenters. The number of urea groups is 1. The van der Waals surface area contributed by atoms with Crippen molar-refractivity contribution >= 4 is 12.0 Å². The fourth-order valence-electron chi connectivity index (χ4n) is 1.76. The van der Waals surface area contributed by atoms with Gasteiger partial charge in [-0.15, -0.1) is 10.2 Å². The van der Waals surface area contributed by atoms with Gasteiger partial charge in [-0.3, -0.25) is 4.84 Å². The zero-order valence-electron chi connectivity index (χ0n) is 10.4. The molecule has 1 aliphatic rings. The lowest BCUT2D eigenvalue weighted by Crippen LogP contribution is -2.45. The van der Waals surface area contributed by atoms with E-state index in [1.54, 1.807) is 0 Å². The predicted octanol–water partition coefficient (Wildman–Crippen LogP) is -0.162. The van der Waals surface area contributed by atoms with Crippen molar-refractivity contribution in [3.63, 3.8) is 0 Å². The zero-order valence-corrected chi connectivity index (χ0v) is 10.4. The van der Waals surface area contributed by atoms with Crippen molar-refractivity contribution in [2.24, 2.45) is 0 Å². The predicted molar refractivity (Wildman–Crippen MR) is 57.6 cm³/mol. The molecular formula is C9H10F3N5O4. The molecule has 12 heteroatoms. The summed E-state index contributed by atoms with van der Waals surface area (Å²) in [6.07, 6.45) is -4.61. The van der Waals surface area contributed by atoms with E-state index in [9.17, 15) is 22.8 Å². The van der Waals surface area contributed by atoms with Crippen molar-refractivity contribution in [3.05, 3.63) is 11.6 Å². The highest BCUT2D eigenvalue weighted by atomic mass is 19.4. The molecule has 9 nitrogen and oxygen atoms in total. The van der Waals surface area contributed by atoms with Gasteiger partial charge in [-0.05, 0) is 0 Å². The normalized spacial score (nSPS) is 14.7. The van der Waals surface area contributed by atoms with Crippen LogP contribution in [0.2, 0.25) is 0 Å². The van der Waals surface area contributed by atoms with Crippen LogP contribution >= 0.6 is 0 Å². The molecule has 2 heterocycles. The van der Waals surface area contributed by atoms with Crippen molar-refractivity contribution in [3.8, 4) is 0 Å². The summed E-state index contributed by atoms with van der Waals surface area (Å²) in [5, 5.41) is 14.8. The Morgan fingerprint density at radius 2 is 2.05 bits per heavy atom. The second kappa shape index (κ2) is 5.55. The summed E-state index contributed by atoms with van der Waals surface area (Å²) in [6, 6.07) is -0.765. The van der Waals surface area contributed by atoms with Gasteiger partial charge in [0.1, 0.15) is 0 Å². The Balaban J connectivity index is 1.99. The second-order valence-corrected chi connectivity index (χ2v) is 4.10. The highest BCUT2D eigenvalue weighted by molar-refractivity contribution is 5.73. The molecule has 0 aliphatic carbocycles. The quantitative estimate of drug-likeness (QED) is 0.751. The number of fused-ring (bicyclic) bond motifs is 1. The van der Waals surface area contributed by atoms with E-state index in [2.05, 4.69) is 15.0 Å². The number of rotatable bonds is 3. The van der Waals surface area contributed by atoms with E-state index in [0.717, 1.165) is 9.47 Å². The fraction of sp³-hybridized carbons (Fsp3) is 0.556. The van der Waals surface area contributed by atoms with Crippen LogP contribution in [0.25, 0.3) is 0 Å². The van der Waals surface area contributed by atoms with Gasteiger partial charge >= 0.3 is 18.2 Å². The Morgan fingerprint density at radius 3 is 2.67 bits per heavy atom. The average Bonchev–Trinajstić information content (AvgIpc) is 2.80.